The monoisotopic (exact) mass is 262 g/mol. The normalized spacial score (nSPS) is 12.1. The van der Waals surface area contributed by atoms with Crippen LogP contribution in [-0.2, 0) is 6.54 Å². The second-order valence-electron chi connectivity index (χ2n) is 4.36. The number of carbonyl (C=O) groups excluding carboxylic acids is 1. The van der Waals surface area contributed by atoms with E-state index in [9.17, 15) is 4.79 Å². The molecule has 2 rings (SSSR count). The third-order valence-corrected chi connectivity index (χ3v) is 2.95. The van der Waals surface area contributed by atoms with Crippen molar-refractivity contribution in [2.75, 3.05) is 5.32 Å². The lowest BCUT2D eigenvalue weighted by Gasteiger charge is -2.14. The number of hydrogen-bond donors (Lipinski definition) is 2. The van der Waals surface area contributed by atoms with Gasteiger partial charge in [0, 0.05) is 18.2 Å². The van der Waals surface area contributed by atoms with Gasteiger partial charge in [-0.3, -0.25) is 5.32 Å². The molecule has 2 aromatic rings. The summed E-state index contributed by atoms with van der Waals surface area (Å²) in [7, 11) is 0. The lowest BCUT2D eigenvalue weighted by Crippen LogP contribution is -2.29. The maximum atomic E-state index is 11.8. The van der Waals surface area contributed by atoms with Crippen LogP contribution in [0.1, 0.15) is 31.9 Å². The Kier molecular flexibility index (Phi) is 4.22. The number of anilines is 1. The van der Waals surface area contributed by atoms with Crippen molar-refractivity contribution in [1.29, 1.82) is 0 Å². The van der Waals surface area contributed by atoms with E-state index in [1.54, 1.807) is 29.5 Å². The van der Waals surface area contributed by atoms with Crippen LogP contribution in [0.25, 0.3) is 0 Å². The summed E-state index contributed by atoms with van der Waals surface area (Å²) >= 11 is 0. The SMILES string of the molecule is CC[C@@H](C)n1nccc1NC(=O)NCc1ccoc1. The van der Waals surface area contributed by atoms with E-state index in [4.69, 9.17) is 4.42 Å². The molecule has 0 fully saturated rings. The number of amides is 2. The highest BCUT2D eigenvalue weighted by molar-refractivity contribution is 5.88. The highest BCUT2D eigenvalue weighted by atomic mass is 16.3. The van der Waals surface area contributed by atoms with E-state index in [-0.39, 0.29) is 12.1 Å². The molecule has 6 heteroatoms. The third kappa shape index (κ3) is 3.37. The summed E-state index contributed by atoms with van der Waals surface area (Å²) in [6.07, 6.45) is 5.81. The molecule has 2 aromatic heterocycles. The topological polar surface area (TPSA) is 72.1 Å². The lowest BCUT2D eigenvalue weighted by molar-refractivity contribution is 0.251. The molecule has 2 heterocycles. The minimum atomic E-state index is -0.258. The van der Waals surface area contributed by atoms with Gasteiger partial charge in [-0.2, -0.15) is 5.10 Å². The maximum absolute atomic E-state index is 11.8. The number of nitrogens with zero attached hydrogens (tertiary/aromatic N) is 2. The van der Waals surface area contributed by atoms with Gasteiger partial charge in [0.05, 0.1) is 24.8 Å². The second kappa shape index (κ2) is 6.08. The second-order valence-corrected chi connectivity index (χ2v) is 4.36. The number of aromatic nitrogens is 2. The molecule has 0 aliphatic heterocycles. The zero-order valence-corrected chi connectivity index (χ0v) is 11.1. The quantitative estimate of drug-likeness (QED) is 0.870. The molecule has 0 radical (unpaired) electrons. The molecule has 0 saturated heterocycles. The van der Waals surface area contributed by atoms with Crippen molar-refractivity contribution in [2.45, 2.75) is 32.9 Å². The van der Waals surface area contributed by atoms with Crippen LogP contribution in [0.15, 0.2) is 35.3 Å². The van der Waals surface area contributed by atoms with Crippen LogP contribution in [0.3, 0.4) is 0 Å². The number of nitrogens with one attached hydrogen (secondary N) is 2. The van der Waals surface area contributed by atoms with E-state index < -0.39 is 0 Å². The van der Waals surface area contributed by atoms with E-state index in [1.807, 2.05) is 6.07 Å². The van der Waals surface area contributed by atoms with Gasteiger partial charge in [0.1, 0.15) is 5.82 Å². The summed E-state index contributed by atoms with van der Waals surface area (Å²) in [6.45, 7) is 4.57. The summed E-state index contributed by atoms with van der Waals surface area (Å²) < 4.78 is 6.73. The van der Waals surface area contributed by atoms with Crippen molar-refractivity contribution in [3.8, 4) is 0 Å². The van der Waals surface area contributed by atoms with E-state index in [0.29, 0.717) is 12.4 Å². The van der Waals surface area contributed by atoms with Crippen molar-refractivity contribution < 1.29 is 9.21 Å². The highest BCUT2D eigenvalue weighted by Crippen LogP contribution is 2.16. The smallest absolute Gasteiger partial charge is 0.320 e. The van der Waals surface area contributed by atoms with Gasteiger partial charge in [-0.15, -0.1) is 0 Å². The predicted molar refractivity (Wildman–Crippen MR) is 71.8 cm³/mol. The van der Waals surface area contributed by atoms with Crippen LogP contribution in [0.2, 0.25) is 0 Å². The average Bonchev–Trinajstić information content (AvgIpc) is 3.06. The Morgan fingerprint density at radius 1 is 1.53 bits per heavy atom. The van der Waals surface area contributed by atoms with Crippen molar-refractivity contribution in [3.63, 3.8) is 0 Å². The fourth-order valence-electron chi connectivity index (χ4n) is 1.67. The third-order valence-electron chi connectivity index (χ3n) is 2.95. The molecule has 0 aromatic carbocycles. The Labute approximate surface area is 111 Å². The summed E-state index contributed by atoms with van der Waals surface area (Å²) in [5.74, 6) is 0.694. The van der Waals surface area contributed by atoms with Gasteiger partial charge in [0.2, 0.25) is 0 Å². The van der Waals surface area contributed by atoms with E-state index >= 15 is 0 Å². The fourth-order valence-corrected chi connectivity index (χ4v) is 1.67. The van der Waals surface area contributed by atoms with Gasteiger partial charge in [-0.25, -0.2) is 9.48 Å². The average molecular weight is 262 g/mol. The molecule has 0 bridgehead atoms. The van der Waals surface area contributed by atoms with E-state index in [1.165, 1.54) is 0 Å². The molecule has 0 aliphatic rings. The number of carbonyl (C=O) groups is 1. The molecule has 0 aliphatic carbocycles. The number of hydrogen-bond acceptors (Lipinski definition) is 3. The van der Waals surface area contributed by atoms with Crippen molar-refractivity contribution >= 4 is 11.8 Å². The molecule has 102 valence electrons. The van der Waals surface area contributed by atoms with Crippen LogP contribution < -0.4 is 10.6 Å². The summed E-state index contributed by atoms with van der Waals surface area (Å²) in [5.41, 5.74) is 0.922. The number of furan rings is 1. The summed E-state index contributed by atoms with van der Waals surface area (Å²) in [5, 5.41) is 9.75. The first-order valence-electron chi connectivity index (χ1n) is 6.30. The first-order chi connectivity index (χ1) is 9.20. The van der Waals surface area contributed by atoms with Crippen LogP contribution in [0.4, 0.5) is 10.6 Å². The van der Waals surface area contributed by atoms with E-state index in [2.05, 4.69) is 29.6 Å². The van der Waals surface area contributed by atoms with Crippen LogP contribution >= 0.6 is 0 Å². The Morgan fingerprint density at radius 3 is 3.05 bits per heavy atom. The van der Waals surface area contributed by atoms with Crippen LogP contribution in [-0.4, -0.2) is 15.8 Å². The fraction of sp³-hybridized carbons (Fsp3) is 0.385. The van der Waals surface area contributed by atoms with Gasteiger partial charge in [0.15, 0.2) is 0 Å². The molecule has 2 N–H and O–H groups in total. The van der Waals surface area contributed by atoms with Gasteiger partial charge in [-0.1, -0.05) is 6.92 Å². The largest absolute Gasteiger partial charge is 0.472 e. The summed E-state index contributed by atoms with van der Waals surface area (Å²) in [6, 6.07) is 3.58. The zero-order chi connectivity index (χ0) is 13.7. The van der Waals surface area contributed by atoms with Gasteiger partial charge in [-0.05, 0) is 19.4 Å². The maximum Gasteiger partial charge on any atom is 0.320 e. The molecule has 0 spiro atoms. The van der Waals surface area contributed by atoms with Crippen molar-refractivity contribution in [3.05, 3.63) is 36.4 Å². The Morgan fingerprint density at radius 2 is 2.37 bits per heavy atom. The lowest BCUT2D eigenvalue weighted by atomic mass is 10.3. The highest BCUT2D eigenvalue weighted by Gasteiger charge is 2.10. The van der Waals surface area contributed by atoms with Crippen LogP contribution in [0, 0.1) is 0 Å². The number of urea groups is 1. The Hall–Kier alpha value is -2.24. The minimum absolute atomic E-state index is 0.249. The molecular formula is C13H18N4O2. The summed E-state index contributed by atoms with van der Waals surface area (Å²) in [4.78, 5) is 11.8. The van der Waals surface area contributed by atoms with Crippen LogP contribution in [0.5, 0.6) is 0 Å². The predicted octanol–water partition coefficient (Wildman–Crippen LogP) is 2.77. The molecule has 19 heavy (non-hydrogen) atoms. The zero-order valence-electron chi connectivity index (χ0n) is 11.1. The molecule has 6 nitrogen and oxygen atoms in total. The Bertz CT molecular complexity index is 518. The minimum Gasteiger partial charge on any atom is -0.472 e. The standard InChI is InChI=1S/C13H18N4O2/c1-3-10(2)17-12(4-6-15-17)16-13(18)14-8-11-5-7-19-9-11/h4-7,9-10H,3,8H2,1-2H3,(H2,14,16,18)/t10-/m1/s1. The number of rotatable bonds is 5. The molecular weight excluding hydrogens is 244 g/mol. The van der Waals surface area contributed by atoms with E-state index in [0.717, 1.165) is 12.0 Å². The molecule has 0 saturated carbocycles. The van der Waals surface area contributed by atoms with Gasteiger partial charge in [0.25, 0.3) is 0 Å². The van der Waals surface area contributed by atoms with Gasteiger partial charge < -0.3 is 9.73 Å². The molecule has 2 amide bonds. The first-order valence-corrected chi connectivity index (χ1v) is 6.30. The molecule has 0 unspecified atom stereocenters. The Balaban J connectivity index is 1.90. The van der Waals surface area contributed by atoms with Crippen molar-refractivity contribution in [1.82, 2.24) is 15.1 Å². The first kappa shape index (κ1) is 13.2. The van der Waals surface area contributed by atoms with Crippen molar-refractivity contribution in [2.24, 2.45) is 0 Å². The molecule has 1 atom stereocenters. The van der Waals surface area contributed by atoms with Gasteiger partial charge >= 0.3 is 6.03 Å².